The van der Waals surface area contributed by atoms with Crippen LogP contribution in [0.15, 0.2) is 47.1 Å². The van der Waals surface area contributed by atoms with Crippen molar-refractivity contribution in [3.8, 4) is 11.6 Å². The maximum absolute atomic E-state index is 12.4. The number of aromatic nitrogens is 1. The Bertz CT molecular complexity index is 704. The van der Waals surface area contributed by atoms with Gasteiger partial charge in [-0.2, -0.15) is 0 Å². The van der Waals surface area contributed by atoms with E-state index in [1.807, 2.05) is 41.3 Å². The fraction of sp³-hybridized carbons (Fsp3) is 0.368. The van der Waals surface area contributed by atoms with Crippen molar-refractivity contribution < 1.29 is 14.3 Å². The second-order valence-corrected chi connectivity index (χ2v) is 6.95. The van der Waals surface area contributed by atoms with Gasteiger partial charge in [0.15, 0.2) is 0 Å². The first kappa shape index (κ1) is 17.7. The first-order valence-corrected chi connectivity index (χ1v) is 9.12. The Kier molecular flexibility index (Phi) is 5.91. The summed E-state index contributed by atoms with van der Waals surface area (Å²) in [4.78, 5) is 18.5. The lowest BCUT2D eigenvalue weighted by Crippen LogP contribution is -2.31. The van der Waals surface area contributed by atoms with E-state index in [0.717, 1.165) is 35.2 Å². The summed E-state index contributed by atoms with van der Waals surface area (Å²) in [5.41, 5.74) is 1.14. The molecule has 6 heteroatoms. The Hall–Kier alpha value is -2.08. The number of aryl methyl sites for hydroxylation is 1. The summed E-state index contributed by atoms with van der Waals surface area (Å²) >= 11 is 3.35. The zero-order chi connectivity index (χ0) is 17.6. The summed E-state index contributed by atoms with van der Waals surface area (Å²) in [5.74, 6) is 1.60. The van der Waals surface area contributed by atoms with Crippen LogP contribution in [0.5, 0.6) is 11.6 Å². The number of hydrogen-bond donors (Lipinski definition) is 0. The van der Waals surface area contributed by atoms with Crippen molar-refractivity contribution in [3.05, 3.63) is 52.6 Å². The van der Waals surface area contributed by atoms with Crippen LogP contribution >= 0.6 is 15.9 Å². The van der Waals surface area contributed by atoms with Gasteiger partial charge in [-0.25, -0.2) is 4.98 Å². The number of methoxy groups -OCH3 is 1. The van der Waals surface area contributed by atoms with Crippen LogP contribution < -0.4 is 9.47 Å². The summed E-state index contributed by atoms with van der Waals surface area (Å²) in [7, 11) is 1.65. The molecular weight excluding hydrogens is 384 g/mol. The molecule has 0 aliphatic carbocycles. The Balaban J connectivity index is 1.46. The number of ether oxygens (including phenoxy) is 2. The maximum Gasteiger partial charge on any atom is 0.223 e. The molecule has 1 unspecified atom stereocenters. The normalized spacial score (nSPS) is 16.7. The highest BCUT2D eigenvalue weighted by Gasteiger charge is 2.27. The Morgan fingerprint density at radius 1 is 1.28 bits per heavy atom. The minimum Gasteiger partial charge on any atom is -0.497 e. The third-order valence-corrected chi connectivity index (χ3v) is 4.74. The molecule has 0 saturated carbocycles. The molecule has 1 aliphatic rings. The van der Waals surface area contributed by atoms with Gasteiger partial charge in [-0.05, 0) is 46.1 Å². The van der Waals surface area contributed by atoms with E-state index in [0.29, 0.717) is 18.8 Å². The van der Waals surface area contributed by atoms with Crippen LogP contribution in [0, 0.1) is 0 Å². The molecule has 1 aliphatic heterocycles. The molecule has 0 radical (unpaired) electrons. The van der Waals surface area contributed by atoms with E-state index < -0.39 is 0 Å². The van der Waals surface area contributed by atoms with Crippen molar-refractivity contribution in [2.24, 2.45) is 0 Å². The predicted octanol–water partition coefficient (Wildman–Crippen LogP) is 3.47. The first-order chi connectivity index (χ1) is 12.1. The Morgan fingerprint density at radius 2 is 2.08 bits per heavy atom. The topological polar surface area (TPSA) is 51.7 Å². The maximum atomic E-state index is 12.4. The molecule has 1 amide bonds. The van der Waals surface area contributed by atoms with Gasteiger partial charge in [-0.1, -0.05) is 12.1 Å². The highest BCUT2D eigenvalue weighted by Crippen LogP contribution is 2.19. The largest absolute Gasteiger partial charge is 0.497 e. The van der Waals surface area contributed by atoms with Gasteiger partial charge in [-0.3, -0.25) is 4.79 Å². The summed E-state index contributed by atoms with van der Waals surface area (Å²) in [5, 5.41) is 0. The van der Waals surface area contributed by atoms with E-state index >= 15 is 0 Å². The number of carbonyl (C=O) groups excluding carboxylic acids is 1. The van der Waals surface area contributed by atoms with Crippen molar-refractivity contribution in [2.75, 3.05) is 20.2 Å². The summed E-state index contributed by atoms with van der Waals surface area (Å²) in [6.45, 7) is 1.36. The number of likely N-dealkylation sites (tertiary alicyclic amines) is 1. The number of hydrogen-bond acceptors (Lipinski definition) is 4. The van der Waals surface area contributed by atoms with Crippen molar-refractivity contribution in [1.29, 1.82) is 0 Å². The standard InChI is InChI=1S/C19H21BrN2O3/c1-24-16-6-2-14(3-7-16)4-9-19(23)22-11-10-17(13-22)25-18-8-5-15(20)12-21-18/h2-3,5-8,12,17H,4,9-11,13H2,1H3. The second kappa shape index (κ2) is 8.34. The minimum absolute atomic E-state index is 0.0126. The van der Waals surface area contributed by atoms with Crippen LogP contribution in [0.25, 0.3) is 0 Å². The van der Waals surface area contributed by atoms with Crippen molar-refractivity contribution >= 4 is 21.8 Å². The Labute approximate surface area is 156 Å². The van der Waals surface area contributed by atoms with E-state index in [4.69, 9.17) is 9.47 Å². The number of amides is 1. The van der Waals surface area contributed by atoms with Crippen LogP contribution in [0.4, 0.5) is 0 Å². The molecule has 3 rings (SSSR count). The first-order valence-electron chi connectivity index (χ1n) is 8.33. The molecule has 0 N–H and O–H groups in total. The molecule has 1 fully saturated rings. The van der Waals surface area contributed by atoms with Gasteiger partial charge in [-0.15, -0.1) is 0 Å². The van der Waals surface area contributed by atoms with E-state index in [1.165, 1.54) is 0 Å². The van der Waals surface area contributed by atoms with Crippen LogP contribution in [0.3, 0.4) is 0 Å². The lowest BCUT2D eigenvalue weighted by molar-refractivity contribution is -0.130. The lowest BCUT2D eigenvalue weighted by atomic mass is 10.1. The number of pyridine rings is 1. The molecule has 25 heavy (non-hydrogen) atoms. The van der Waals surface area contributed by atoms with Gasteiger partial charge in [0.05, 0.1) is 13.7 Å². The highest BCUT2D eigenvalue weighted by molar-refractivity contribution is 9.10. The molecular formula is C19H21BrN2O3. The van der Waals surface area contributed by atoms with Crippen LogP contribution in [0.1, 0.15) is 18.4 Å². The molecule has 2 heterocycles. The molecule has 1 atom stereocenters. The number of rotatable bonds is 6. The number of halogens is 1. The Morgan fingerprint density at radius 3 is 2.76 bits per heavy atom. The molecule has 0 spiro atoms. The molecule has 0 bridgehead atoms. The fourth-order valence-corrected chi connectivity index (χ4v) is 3.09. The highest BCUT2D eigenvalue weighted by atomic mass is 79.9. The molecule has 1 aromatic heterocycles. The van der Waals surface area contributed by atoms with Crippen LogP contribution in [0.2, 0.25) is 0 Å². The molecule has 5 nitrogen and oxygen atoms in total. The monoisotopic (exact) mass is 404 g/mol. The van der Waals surface area contributed by atoms with Gasteiger partial charge in [0.2, 0.25) is 11.8 Å². The third-order valence-electron chi connectivity index (χ3n) is 4.27. The van der Waals surface area contributed by atoms with Crippen LogP contribution in [-0.4, -0.2) is 42.1 Å². The molecule has 1 saturated heterocycles. The van der Waals surface area contributed by atoms with Gasteiger partial charge < -0.3 is 14.4 Å². The predicted molar refractivity (Wildman–Crippen MR) is 98.9 cm³/mol. The zero-order valence-electron chi connectivity index (χ0n) is 14.2. The van der Waals surface area contributed by atoms with Gasteiger partial charge in [0.1, 0.15) is 11.9 Å². The van der Waals surface area contributed by atoms with E-state index in [1.54, 1.807) is 13.3 Å². The van der Waals surface area contributed by atoms with Crippen molar-refractivity contribution in [3.63, 3.8) is 0 Å². The van der Waals surface area contributed by atoms with Crippen LogP contribution in [-0.2, 0) is 11.2 Å². The van der Waals surface area contributed by atoms with Gasteiger partial charge in [0.25, 0.3) is 0 Å². The third kappa shape index (κ3) is 4.95. The van der Waals surface area contributed by atoms with Crippen molar-refractivity contribution in [1.82, 2.24) is 9.88 Å². The van der Waals surface area contributed by atoms with E-state index in [-0.39, 0.29) is 12.0 Å². The minimum atomic E-state index is 0.0126. The quantitative estimate of drug-likeness (QED) is 0.739. The average molecular weight is 405 g/mol. The zero-order valence-corrected chi connectivity index (χ0v) is 15.7. The summed E-state index contributed by atoms with van der Waals surface area (Å²) < 4.78 is 11.9. The lowest BCUT2D eigenvalue weighted by Gasteiger charge is -2.17. The SMILES string of the molecule is COc1ccc(CCC(=O)N2CCC(Oc3ccc(Br)cn3)C2)cc1. The van der Waals surface area contributed by atoms with E-state index in [9.17, 15) is 4.79 Å². The van der Waals surface area contributed by atoms with Gasteiger partial charge in [0, 0.05) is 36.1 Å². The summed E-state index contributed by atoms with van der Waals surface area (Å²) in [6, 6.07) is 11.6. The van der Waals surface area contributed by atoms with Crippen molar-refractivity contribution in [2.45, 2.75) is 25.4 Å². The summed E-state index contributed by atoms with van der Waals surface area (Å²) in [6.07, 6.45) is 3.81. The second-order valence-electron chi connectivity index (χ2n) is 6.03. The van der Waals surface area contributed by atoms with E-state index in [2.05, 4.69) is 20.9 Å². The molecule has 132 valence electrons. The smallest absolute Gasteiger partial charge is 0.223 e. The number of nitrogens with zero attached hydrogens (tertiary/aromatic N) is 2. The number of carbonyl (C=O) groups is 1. The average Bonchev–Trinajstić information content (AvgIpc) is 3.10. The molecule has 2 aromatic rings. The number of benzene rings is 1. The van der Waals surface area contributed by atoms with Gasteiger partial charge >= 0.3 is 0 Å². The molecule has 1 aromatic carbocycles. The fourth-order valence-electron chi connectivity index (χ4n) is 2.86.